The smallest absolute Gasteiger partial charge is 0.343 e. The topological polar surface area (TPSA) is 386 Å². The number of ether oxygens (including phenoxy) is 6. The number of amides is 8. The molecule has 0 saturated carbocycles. The molecule has 29 nitrogen and oxygen atoms in total. The lowest BCUT2D eigenvalue weighted by Gasteiger charge is -2.41. The Morgan fingerprint density at radius 3 is 1.86 bits per heavy atom. The van der Waals surface area contributed by atoms with Gasteiger partial charge in [0.05, 0.1) is 156 Å². The highest BCUT2D eigenvalue weighted by atomic mass is 79.9. The van der Waals surface area contributed by atoms with Crippen molar-refractivity contribution in [3.05, 3.63) is 96.8 Å². The van der Waals surface area contributed by atoms with Crippen LogP contribution in [0.3, 0.4) is 0 Å². The molecule has 6 heterocycles. The van der Waals surface area contributed by atoms with E-state index in [4.69, 9.17) is 33.4 Å². The first kappa shape index (κ1) is 68.4. The Morgan fingerprint density at radius 1 is 0.696 bits per heavy atom. The summed E-state index contributed by atoms with van der Waals surface area (Å²) in [5.41, 5.74) is 2.69. The van der Waals surface area contributed by atoms with Gasteiger partial charge in [0.1, 0.15) is 12.4 Å². The van der Waals surface area contributed by atoms with E-state index in [9.17, 15) is 53.1 Å². The van der Waals surface area contributed by atoms with Gasteiger partial charge >= 0.3 is 5.97 Å². The van der Waals surface area contributed by atoms with Crippen LogP contribution in [0.5, 0.6) is 0 Å². The predicted octanol–water partition coefficient (Wildman–Crippen LogP) is -0.284. The van der Waals surface area contributed by atoms with E-state index in [1.165, 1.54) is 10.6 Å². The van der Waals surface area contributed by atoms with E-state index in [1.54, 1.807) is 38.1 Å². The summed E-state index contributed by atoms with van der Waals surface area (Å²) in [6.45, 7) is 2.18. The molecule has 5 aromatic rings. The van der Waals surface area contributed by atoms with Crippen LogP contribution in [-0.4, -0.2) is 189 Å². The number of aromatic nitrogens is 4. The number of benzene rings is 2. The number of aliphatic hydroxyl groups is 1. The summed E-state index contributed by atoms with van der Waals surface area (Å²) in [6.07, 6.45) is 0.540. The van der Waals surface area contributed by atoms with Crippen LogP contribution >= 0.6 is 31.9 Å². The fourth-order valence-corrected chi connectivity index (χ4v) is 11.8. The molecule has 32 heteroatoms. The molecule has 3 aliphatic heterocycles. The number of cyclic esters (lactones) is 1. The van der Waals surface area contributed by atoms with Gasteiger partial charge in [0, 0.05) is 51.8 Å². The lowest BCUT2D eigenvalue weighted by molar-refractivity contribution is -0.172. The van der Waals surface area contributed by atoms with Gasteiger partial charge in [0.2, 0.25) is 35.4 Å². The van der Waals surface area contributed by atoms with E-state index < -0.39 is 109 Å². The third-order valence-corrected chi connectivity index (χ3v) is 16.9. The van der Waals surface area contributed by atoms with E-state index in [0.29, 0.717) is 119 Å². The quantitative estimate of drug-likeness (QED) is 0.0149. The van der Waals surface area contributed by atoms with Crippen LogP contribution in [0.2, 0.25) is 0 Å². The number of alkyl halides is 2. The highest BCUT2D eigenvalue weighted by molar-refractivity contribution is 9.09. The fraction of sp³-hybridized carbons (Fsp3) is 0.483. The summed E-state index contributed by atoms with van der Waals surface area (Å²) in [4.78, 5) is 143. The second-order valence-electron chi connectivity index (χ2n) is 21.9. The number of pyridine rings is 2. The Balaban J connectivity index is 0.598. The first-order valence-electron chi connectivity index (χ1n) is 29.6. The number of nitrogens with one attached hydrogen (secondary N) is 8. The van der Waals surface area contributed by atoms with Gasteiger partial charge in [-0.3, -0.25) is 43.2 Å². The Morgan fingerprint density at radius 2 is 1.27 bits per heavy atom. The van der Waals surface area contributed by atoms with E-state index in [0.717, 1.165) is 11.4 Å². The van der Waals surface area contributed by atoms with Gasteiger partial charge in [-0.1, -0.05) is 38.8 Å². The van der Waals surface area contributed by atoms with Crippen LogP contribution in [-0.2, 0) is 103 Å². The number of nitrogens with zero attached hydrogens (tertiary/aromatic N) is 4. The third kappa shape index (κ3) is 15.9. The first-order chi connectivity index (χ1) is 44.3. The molecule has 1 aliphatic carbocycles. The van der Waals surface area contributed by atoms with Gasteiger partial charge in [-0.2, -0.15) is 0 Å². The van der Waals surface area contributed by atoms with Crippen molar-refractivity contribution in [2.75, 3.05) is 105 Å². The van der Waals surface area contributed by atoms with Crippen LogP contribution in [0.4, 0.5) is 4.39 Å². The van der Waals surface area contributed by atoms with E-state index in [1.807, 2.05) is 0 Å². The molecule has 0 radical (unpaired) electrons. The molecule has 3 aromatic heterocycles. The Bertz CT molecular complexity index is 3780. The van der Waals surface area contributed by atoms with Crippen molar-refractivity contribution in [1.82, 2.24) is 62.1 Å². The number of aryl methyl sites for hydroxylation is 1. The van der Waals surface area contributed by atoms with Crippen molar-refractivity contribution in [1.29, 1.82) is 0 Å². The maximum Gasteiger partial charge on any atom is 0.343 e. The van der Waals surface area contributed by atoms with Crippen molar-refractivity contribution in [3.8, 4) is 11.4 Å². The lowest BCUT2D eigenvalue weighted by Crippen LogP contribution is -2.71. The molecule has 8 amide bonds. The van der Waals surface area contributed by atoms with Crippen molar-refractivity contribution in [3.63, 3.8) is 0 Å². The van der Waals surface area contributed by atoms with Gasteiger partial charge in [0.15, 0.2) is 11.1 Å². The van der Waals surface area contributed by atoms with Crippen LogP contribution < -0.4 is 48.1 Å². The number of carbonyl (C=O) groups excluding carboxylic acids is 9. The average Bonchev–Trinajstić information content (AvgIpc) is 1.05. The summed E-state index contributed by atoms with van der Waals surface area (Å²) in [5.74, 6) is -6.44. The van der Waals surface area contributed by atoms with E-state index in [-0.39, 0.29) is 81.6 Å². The molecular weight excluding hydrogens is 1340 g/mol. The molecule has 2 aromatic carbocycles. The SMILES string of the molecule is CC[C@]1(O)C(=O)OCc2c1cc1n(c2=O)Cc2c-1nc1cc(F)c(C)c3c1c2[C@H](NC(=O)C1(NC(=O)CNC(=O)CNC(=O)CNC(=O)CNC(=O)CNC(=O)CCOCCOCCOCCOCCNC(=O)c2ccc4nc(CBr)c(CBr)nc4c2)COC1)CC3. The minimum absolute atomic E-state index is 0.00966. The first-order valence-corrected chi connectivity index (χ1v) is 31.9. The molecule has 0 unspecified atom stereocenters. The van der Waals surface area contributed by atoms with Crippen LogP contribution in [0.1, 0.15) is 87.4 Å². The van der Waals surface area contributed by atoms with Crippen molar-refractivity contribution in [2.45, 2.75) is 80.5 Å². The second kappa shape index (κ2) is 31.1. The maximum absolute atomic E-state index is 15.5. The van der Waals surface area contributed by atoms with Crippen molar-refractivity contribution >= 4 is 107 Å². The van der Waals surface area contributed by atoms with Gasteiger partial charge in [-0.15, -0.1) is 0 Å². The average molecular weight is 1410 g/mol. The number of halogens is 3. The molecule has 0 spiro atoms. The standard InChI is InChI=1S/C60H69Br2FN12O17/c1-3-60(86)37-19-45-54-35(28-75(45)56(83)36(37)29-92-58(60)85)53-40(7-5-34-32(2)38(63)20-42(72-54)52(34)53)73-57(84)59(30-91-31-59)74-51(81)27-69-50(80)26-68-49(79)25-67-48(78)24-66-47(77)23-65-46(76)8-10-87-12-14-89-16-17-90-15-13-88-11-9-64-55(82)33-4-6-39-41(18-33)71-44(22-62)43(21-61)70-39/h4,6,18-20,40,86H,3,5,7-17,21-31H2,1-2H3,(H,64,82)(H,65,76)(H,66,77)(H,67,78)(H,68,79)(H,69,80)(H,73,84)(H,74,81)/t40-,60-/m1/s1. The van der Waals surface area contributed by atoms with Crippen LogP contribution in [0.15, 0.2) is 35.1 Å². The summed E-state index contributed by atoms with van der Waals surface area (Å²) in [5, 5.41) is 33.3. The molecule has 9 rings (SSSR count). The minimum Gasteiger partial charge on any atom is -0.458 e. The van der Waals surface area contributed by atoms with E-state index in [2.05, 4.69) is 84.4 Å². The van der Waals surface area contributed by atoms with Crippen LogP contribution in [0, 0.1) is 12.7 Å². The summed E-state index contributed by atoms with van der Waals surface area (Å²) in [7, 11) is 0. The molecule has 9 N–H and O–H groups in total. The van der Waals surface area contributed by atoms with Crippen LogP contribution in [0.25, 0.3) is 33.3 Å². The van der Waals surface area contributed by atoms with Gasteiger partial charge < -0.3 is 80.6 Å². The zero-order valence-corrected chi connectivity index (χ0v) is 53.5. The Hall–Kier alpha value is -7.98. The molecule has 0 bridgehead atoms. The molecule has 2 atom stereocenters. The molecule has 1 saturated heterocycles. The number of esters is 1. The van der Waals surface area contributed by atoms with Crippen molar-refractivity contribution < 1.29 is 81.1 Å². The molecule has 92 heavy (non-hydrogen) atoms. The Kier molecular flexibility index (Phi) is 23.1. The summed E-state index contributed by atoms with van der Waals surface area (Å²) < 4.78 is 49.4. The van der Waals surface area contributed by atoms with Gasteiger partial charge in [0.25, 0.3) is 17.4 Å². The van der Waals surface area contributed by atoms with E-state index >= 15 is 4.39 Å². The van der Waals surface area contributed by atoms with Gasteiger partial charge in [-0.05, 0) is 67.1 Å². The molecule has 1 fully saturated rings. The zero-order chi connectivity index (χ0) is 65.7. The monoisotopic (exact) mass is 1410 g/mol. The predicted molar refractivity (Wildman–Crippen MR) is 330 cm³/mol. The number of hydrogen-bond acceptors (Lipinski definition) is 20. The molecular formula is C60H69Br2FN12O17. The normalized spacial score (nSPS) is 16.5. The highest BCUT2D eigenvalue weighted by Crippen LogP contribution is 2.46. The second-order valence-corrected chi connectivity index (χ2v) is 23.0. The van der Waals surface area contributed by atoms with Crippen molar-refractivity contribution in [2.24, 2.45) is 0 Å². The lowest BCUT2D eigenvalue weighted by atomic mass is 9.81. The number of carbonyl (C=O) groups is 9. The Labute approximate surface area is 541 Å². The highest BCUT2D eigenvalue weighted by Gasteiger charge is 2.49. The number of rotatable bonds is 32. The van der Waals surface area contributed by atoms with Gasteiger partial charge in [-0.25, -0.2) is 24.1 Å². The number of fused-ring (bicyclic) bond motifs is 6. The fourth-order valence-electron chi connectivity index (χ4n) is 10.9. The minimum atomic E-state index is -2.08. The zero-order valence-electron chi connectivity index (χ0n) is 50.3. The molecule has 4 aliphatic rings. The summed E-state index contributed by atoms with van der Waals surface area (Å²) >= 11 is 6.85. The molecule has 492 valence electrons. The third-order valence-electron chi connectivity index (χ3n) is 15.9. The summed E-state index contributed by atoms with van der Waals surface area (Å²) in [6, 6.07) is 7.29. The maximum atomic E-state index is 15.5. The largest absolute Gasteiger partial charge is 0.458 e. The number of hydrogen-bond donors (Lipinski definition) is 9.